The molecule has 0 aromatic heterocycles. The monoisotopic (exact) mass is 352 g/mol. The molecule has 2 aromatic carbocycles. The molecule has 4 heteroatoms. The molecule has 1 aliphatic heterocycles. The Morgan fingerprint density at radius 2 is 1.73 bits per heavy atom. The van der Waals surface area contributed by atoms with E-state index in [0.29, 0.717) is 6.42 Å². The molecule has 0 aliphatic carbocycles. The number of nitrogens with zero attached hydrogens (tertiary/aromatic N) is 2. The fourth-order valence-corrected chi connectivity index (χ4v) is 3.50. The average molecular weight is 352 g/mol. The predicted molar refractivity (Wildman–Crippen MR) is 104 cm³/mol. The van der Waals surface area contributed by atoms with E-state index in [1.54, 1.807) is 7.11 Å². The van der Waals surface area contributed by atoms with Crippen molar-refractivity contribution in [2.45, 2.75) is 26.3 Å². The maximum atomic E-state index is 12.5. The summed E-state index contributed by atoms with van der Waals surface area (Å²) in [5, 5.41) is 0. The van der Waals surface area contributed by atoms with Crippen molar-refractivity contribution < 1.29 is 9.53 Å². The summed E-state index contributed by atoms with van der Waals surface area (Å²) >= 11 is 0. The van der Waals surface area contributed by atoms with Crippen LogP contribution in [0.25, 0.3) is 0 Å². The number of ether oxygens (including phenoxy) is 1. The van der Waals surface area contributed by atoms with Crippen LogP contribution in [0, 0.1) is 6.92 Å². The lowest BCUT2D eigenvalue weighted by molar-refractivity contribution is -0.133. The molecule has 1 amide bonds. The third-order valence-electron chi connectivity index (χ3n) is 5.06. The van der Waals surface area contributed by atoms with Crippen LogP contribution in [0.15, 0.2) is 48.5 Å². The van der Waals surface area contributed by atoms with Crippen molar-refractivity contribution in [3.05, 3.63) is 65.2 Å². The number of piperazine rings is 1. The molecule has 0 radical (unpaired) electrons. The van der Waals surface area contributed by atoms with Crippen molar-refractivity contribution in [2.24, 2.45) is 0 Å². The number of rotatable bonds is 6. The Kier molecular flexibility index (Phi) is 6.29. The maximum absolute atomic E-state index is 12.5. The number of carbonyl (C=O) groups excluding carboxylic acids is 1. The molecular formula is C22H28N2O2. The molecule has 1 heterocycles. The van der Waals surface area contributed by atoms with E-state index in [1.165, 1.54) is 11.1 Å². The van der Waals surface area contributed by atoms with Crippen LogP contribution in [0.1, 0.15) is 23.1 Å². The first-order chi connectivity index (χ1) is 12.7. The number of hydrogen-bond donors (Lipinski definition) is 0. The highest BCUT2D eigenvalue weighted by molar-refractivity contribution is 5.76. The fourth-order valence-electron chi connectivity index (χ4n) is 3.50. The lowest BCUT2D eigenvalue weighted by atomic mass is 10.1. The fraction of sp³-hybridized carbons (Fsp3) is 0.409. The number of hydrogen-bond acceptors (Lipinski definition) is 3. The largest absolute Gasteiger partial charge is 0.496 e. The summed E-state index contributed by atoms with van der Waals surface area (Å²) < 4.78 is 5.29. The zero-order valence-corrected chi connectivity index (χ0v) is 15.8. The van der Waals surface area contributed by atoms with Gasteiger partial charge in [-0.15, -0.1) is 0 Å². The molecule has 0 unspecified atom stereocenters. The van der Waals surface area contributed by atoms with E-state index < -0.39 is 0 Å². The van der Waals surface area contributed by atoms with Crippen LogP contribution < -0.4 is 4.74 Å². The first-order valence-electron chi connectivity index (χ1n) is 9.33. The van der Waals surface area contributed by atoms with Gasteiger partial charge in [-0.2, -0.15) is 0 Å². The Morgan fingerprint density at radius 1 is 1.00 bits per heavy atom. The number of aryl methyl sites for hydroxylation is 2. The first-order valence-corrected chi connectivity index (χ1v) is 9.33. The van der Waals surface area contributed by atoms with E-state index in [4.69, 9.17) is 4.74 Å². The van der Waals surface area contributed by atoms with Gasteiger partial charge in [0.15, 0.2) is 0 Å². The molecule has 26 heavy (non-hydrogen) atoms. The average Bonchev–Trinajstić information content (AvgIpc) is 2.67. The first kappa shape index (κ1) is 18.5. The zero-order valence-electron chi connectivity index (χ0n) is 15.8. The van der Waals surface area contributed by atoms with E-state index in [0.717, 1.165) is 50.5 Å². The van der Waals surface area contributed by atoms with E-state index >= 15 is 0 Å². The normalized spacial score (nSPS) is 15.1. The molecule has 0 N–H and O–H groups in total. The minimum absolute atomic E-state index is 0.262. The van der Waals surface area contributed by atoms with Crippen molar-refractivity contribution in [2.75, 3.05) is 33.3 Å². The van der Waals surface area contributed by atoms with Crippen LogP contribution in [-0.2, 0) is 17.8 Å². The third kappa shape index (κ3) is 4.85. The number of carbonyl (C=O) groups is 1. The molecule has 1 saturated heterocycles. The summed E-state index contributed by atoms with van der Waals surface area (Å²) in [6, 6.07) is 16.7. The highest BCUT2D eigenvalue weighted by atomic mass is 16.5. The van der Waals surface area contributed by atoms with Gasteiger partial charge in [-0.3, -0.25) is 9.69 Å². The van der Waals surface area contributed by atoms with Crippen molar-refractivity contribution in [1.29, 1.82) is 0 Å². The Balaban J connectivity index is 1.44. The smallest absolute Gasteiger partial charge is 0.222 e. The Labute approximate surface area is 156 Å². The second-order valence-corrected chi connectivity index (χ2v) is 6.95. The second-order valence-electron chi connectivity index (χ2n) is 6.95. The molecule has 0 saturated carbocycles. The van der Waals surface area contributed by atoms with Gasteiger partial charge in [-0.25, -0.2) is 0 Å². The highest BCUT2D eigenvalue weighted by Gasteiger charge is 2.20. The summed E-state index contributed by atoms with van der Waals surface area (Å²) in [6.07, 6.45) is 1.36. The lowest BCUT2D eigenvalue weighted by Gasteiger charge is -2.34. The van der Waals surface area contributed by atoms with Gasteiger partial charge < -0.3 is 9.64 Å². The standard InChI is InChI=1S/C22H28N2O2/c1-18-16-19(8-10-21(18)26-2)9-11-22(25)24-14-12-23(13-15-24)17-20-6-4-3-5-7-20/h3-8,10,16H,9,11-15,17H2,1-2H3. The SMILES string of the molecule is COc1ccc(CCC(=O)N2CCN(Cc3ccccc3)CC2)cc1C. The Hall–Kier alpha value is -2.33. The van der Waals surface area contributed by atoms with Gasteiger partial charge in [0, 0.05) is 39.1 Å². The molecule has 0 bridgehead atoms. The molecule has 0 atom stereocenters. The summed E-state index contributed by atoms with van der Waals surface area (Å²) in [6.45, 7) is 6.55. The summed E-state index contributed by atoms with van der Waals surface area (Å²) in [5.41, 5.74) is 3.65. The number of benzene rings is 2. The van der Waals surface area contributed by atoms with Gasteiger partial charge in [-0.1, -0.05) is 42.5 Å². The molecule has 1 fully saturated rings. The van der Waals surface area contributed by atoms with Gasteiger partial charge in [0.1, 0.15) is 5.75 Å². The predicted octanol–water partition coefficient (Wildman–Crippen LogP) is 3.28. The van der Waals surface area contributed by atoms with Gasteiger partial charge in [0.25, 0.3) is 0 Å². The summed E-state index contributed by atoms with van der Waals surface area (Å²) in [5.74, 6) is 1.16. The second kappa shape index (κ2) is 8.86. The summed E-state index contributed by atoms with van der Waals surface area (Å²) in [7, 11) is 1.68. The van der Waals surface area contributed by atoms with Gasteiger partial charge in [0.05, 0.1) is 7.11 Å². The molecule has 1 aliphatic rings. The van der Waals surface area contributed by atoms with E-state index in [9.17, 15) is 4.79 Å². The van der Waals surface area contributed by atoms with Crippen molar-refractivity contribution in [3.8, 4) is 5.75 Å². The molecular weight excluding hydrogens is 324 g/mol. The minimum atomic E-state index is 0.262. The minimum Gasteiger partial charge on any atom is -0.496 e. The van der Waals surface area contributed by atoms with Gasteiger partial charge in [0.2, 0.25) is 5.91 Å². The van der Waals surface area contributed by atoms with Crippen molar-refractivity contribution >= 4 is 5.91 Å². The van der Waals surface area contributed by atoms with E-state index in [2.05, 4.69) is 41.3 Å². The van der Waals surface area contributed by atoms with Crippen molar-refractivity contribution in [3.63, 3.8) is 0 Å². The van der Waals surface area contributed by atoms with E-state index in [1.807, 2.05) is 24.0 Å². The summed E-state index contributed by atoms with van der Waals surface area (Å²) in [4.78, 5) is 17.0. The topological polar surface area (TPSA) is 32.8 Å². The number of methoxy groups -OCH3 is 1. The zero-order chi connectivity index (χ0) is 18.4. The highest BCUT2D eigenvalue weighted by Crippen LogP contribution is 2.19. The van der Waals surface area contributed by atoms with Crippen LogP contribution in [-0.4, -0.2) is 49.0 Å². The van der Waals surface area contributed by atoms with Gasteiger partial charge in [-0.05, 0) is 36.1 Å². The number of amides is 1. The molecule has 138 valence electrons. The van der Waals surface area contributed by atoms with Crippen LogP contribution in [0.5, 0.6) is 5.75 Å². The van der Waals surface area contributed by atoms with Crippen LogP contribution in [0.3, 0.4) is 0 Å². The molecule has 4 nitrogen and oxygen atoms in total. The van der Waals surface area contributed by atoms with Crippen LogP contribution >= 0.6 is 0 Å². The quantitative estimate of drug-likeness (QED) is 0.800. The Bertz CT molecular complexity index is 722. The van der Waals surface area contributed by atoms with Crippen LogP contribution in [0.2, 0.25) is 0 Å². The van der Waals surface area contributed by atoms with Crippen molar-refractivity contribution in [1.82, 2.24) is 9.80 Å². The Morgan fingerprint density at radius 3 is 2.38 bits per heavy atom. The molecule has 2 aromatic rings. The van der Waals surface area contributed by atoms with E-state index in [-0.39, 0.29) is 5.91 Å². The maximum Gasteiger partial charge on any atom is 0.222 e. The lowest BCUT2D eigenvalue weighted by Crippen LogP contribution is -2.48. The molecule has 0 spiro atoms. The van der Waals surface area contributed by atoms with Crippen LogP contribution in [0.4, 0.5) is 0 Å². The van der Waals surface area contributed by atoms with Gasteiger partial charge >= 0.3 is 0 Å². The molecule has 3 rings (SSSR count). The third-order valence-corrected chi connectivity index (χ3v) is 5.06.